The van der Waals surface area contributed by atoms with Crippen molar-refractivity contribution < 1.29 is 9.53 Å². The first kappa shape index (κ1) is 17.9. The Morgan fingerprint density at radius 2 is 2.13 bits per heavy atom. The number of rotatable bonds is 5. The molecule has 0 aliphatic heterocycles. The van der Waals surface area contributed by atoms with Crippen LogP contribution in [-0.4, -0.2) is 23.4 Å². The van der Waals surface area contributed by atoms with Gasteiger partial charge in [-0.1, -0.05) is 18.5 Å². The number of halogens is 2. The summed E-state index contributed by atoms with van der Waals surface area (Å²) in [5.41, 5.74) is -0.00433. The molecule has 0 spiro atoms. The Morgan fingerprint density at radius 3 is 2.70 bits per heavy atom. The number of hydrogen-bond donors (Lipinski definition) is 1. The fourth-order valence-corrected chi connectivity index (χ4v) is 3.85. The molecule has 1 aliphatic rings. The van der Waals surface area contributed by atoms with Gasteiger partial charge in [0.1, 0.15) is 18.4 Å². The van der Waals surface area contributed by atoms with Gasteiger partial charge < -0.3 is 10.1 Å². The molecule has 23 heavy (non-hydrogen) atoms. The van der Waals surface area contributed by atoms with E-state index in [-0.39, 0.29) is 23.4 Å². The van der Waals surface area contributed by atoms with Gasteiger partial charge in [0.2, 0.25) is 5.91 Å². The van der Waals surface area contributed by atoms with E-state index in [1.54, 1.807) is 18.2 Å². The van der Waals surface area contributed by atoms with E-state index in [4.69, 9.17) is 33.2 Å². The predicted octanol–water partition coefficient (Wildman–Crippen LogP) is 3.89. The number of amides is 1. The van der Waals surface area contributed by atoms with Crippen LogP contribution in [0.4, 0.5) is 0 Å². The maximum Gasteiger partial charge on any atom is 0.226 e. The maximum atomic E-state index is 12.3. The lowest BCUT2D eigenvalue weighted by Gasteiger charge is -2.48. The van der Waals surface area contributed by atoms with E-state index in [1.807, 2.05) is 20.8 Å². The summed E-state index contributed by atoms with van der Waals surface area (Å²) in [7, 11) is 0. The van der Waals surface area contributed by atoms with Crippen LogP contribution in [0.1, 0.15) is 39.2 Å². The third-order valence-electron chi connectivity index (χ3n) is 4.00. The van der Waals surface area contributed by atoms with Gasteiger partial charge in [-0.25, -0.2) is 0 Å². The van der Waals surface area contributed by atoms with E-state index in [0.717, 1.165) is 0 Å². The first-order chi connectivity index (χ1) is 10.6. The third-order valence-corrected chi connectivity index (χ3v) is 4.50. The Labute approximate surface area is 146 Å². The molecule has 6 heteroatoms. The summed E-state index contributed by atoms with van der Waals surface area (Å²) in [6.07, 6.45) is 1.32. The van der Waals surface area contributed by atoms with E-state index < -0.39 is 5.41 Å². The highest BCUT2D eigenvalue weighted by molar-refractivity contribution is 6.30. The van der Waals surface area contributed by atoms with Crippen molar-refractivity contribution in [3.8, 4) is 11.8 Å². The lowest BCUT2D eigenvalue weighted by atomic mass is 9.62. The minimum atomic E-state index is -0.418. The molecule has 1 amide bonds. The van der Waals surface area contributed by atoms with E-state index in [0.29, 0.717) is 29.2 Å². The zero-order valence-corrected chi connectivity index (χ0v) is 15.0. The van der Waals surface area contributed by atoms with E-state index >= 15 is 0 Å². The SMILES string of the molecule is CC(COc1cc(Cl)ccc1C#N)NC(=O)[C@]1(C)C[C@@](C)(Cl)C1. The summed E-state index contributed by atoms with van der Waals surface area (Å²) in [4.78, 5) is 12.1. The van der Waals surface area contributed by atoms with Crippen molar-refractivity contribution in [2.75, 3.05) is 6.61 Å². The lowest BCUT2D eigenvalue weighted by molar-refractivity contribution is -0.137. The number of nitrogens with zero attached hydrogens (tertiary/aromatic N) is 1. The standard InChI is InChI=1S/C17H20Cl2N2O2/c1-11(21-15(22)16(2)9-17(3,19)10-16)8-23-14-6-13(18)5-4-12(14)7-20/h4-6,11H,8-10H2,1-3H3,(H,21,22)/t11?,16-,17-. The topological polar surface area (TPSA) is 62.1 Å². The van der Waals surface area contributed by atoms with Crippen LogP contribution < -0.4 is 10.1 Å². The number of carbonyl (C=O) groups excluding carboxylic acids is 1. The van der Waals surface area contributed by atoms with Gasteiger partial charge in [0, 0.05) is 21.4 Å². The molecule has 124 valence electrons. The number of nitriles is 1. The Hall–Kier alpha value is -1.44. The van der Waals surface area contributed by atoms with Gasteiger partial charge in [0.05, 0.1) is 11.6 Å². The molecule has 1 fully saturated rings. The highest BCUT2D eigenvalue weighted by Crippen LogP contribution is 2.52. The summed E-state index contributed by atoms with van der Waals surface area (Å²) < 4.78 is 5.63. The molecule has 2 rings (SSSR count). The van der Waals surface area contributed by atoms with Gasteiger partial charge in [-0.15, -0.1) is 11.6 Å². The number of alkyl halides is 1. The van der Waals surface area contributed by atoms with Crippen molar-refractivity contribution in [1.82, 2.24) is 5.32 Å². The summed E-state index contributed by atoms with van der Waals surface area (Å²) in [6.45, 7) is 5.98. The highest BCUT2D eigenvalue weighted by atomic mass is 35.5. The summed E-state index contributed by atoms with van der Waals surface area (Å²) in [6, 6.07) is 6.71. The molecule has 1 N–H and O–H groups in total. The minimum absolute atomic E-state index is 0.0154. The van der Waals surface area contributed by atoms with Gasteiger partial charge in [0.25, 0.3) is 0 Å². The average Bonchev–Trinajstić information content (AvgIpc) is 2.43. The quantitative estimate of drug-likeness (QED) is 0.815. The molecule has 1 aromatic rings. The van der Waals surface area contributed by atoms with Gasteiger partial charge in [-0.3, -0.25) is 4.79 Å². The zero-order valence-electron chi connectivity index (χ0n) is 13.5. The number of ether oxygens (including phenoxy) is 1. The molecular weight excluding hydrogens is 335 g/mol. The second-order valence-electron chi connectivity index (χ2n) is 6.77. The second kappa shape index (κ2) is 6.59. The summed E-state index contributed by atoms with van der Waals surface area (Å²) in [5, 5.41) is 12.5. The normalized spacial score (nSPS) is 27.5. The van der Waals surface area contributed by atoms with Crippen molar-refractivity contribution in [2.45, 2.75) is 44.5 Å². The van der Waals surface area contributed by atoms with Gasteiger partial charge in [0.15, 0.2) is 0 Å². The van der Waals surface area contributed by atoms with Gasteiger partial charge in [-0.05, 0) is 38.8 Å². The fourth-order valence-electron chi connectivity index (χ4n) is 3.10. The molecule has 0 bridgehead atoms. The van der Waals surface area contributed by atoms with Crippen LogP contribution in [0.2, 0.25) is 5.02 Å². The van der Waals surface area contributed by atoms with E-state index in [1.165, 1.54) is 0 Å². The molecular formula is C17H20Cl2N2O2. The molecule has 4 nitrogen and oxygen atoms in total. The van der Waals surface area contributed by atoms with Crippen LogP contribution in [0.5, 0.6) is 5.75 Å². The predicted molar refractivity (Wildman–Crippen MR) is 90.9 cm³/mol. The Balaban J connectivity index is 1.89. The molecule has 1 saturated carbocycles. The largest absolute Gasteiger partial charge is 0.490 e. The maximum absolute atomic E-state index is 12.3. The van der Waals surface area contributed by atoms with E-state index in [2.05, 4.69) is 11.4 Å². The third kappa shape index (κ3) is 4.31. The molecule has 0 aromatic heterocycles. The number of hydrogen-bond acceptors (Lipinski definition) is 3. The minimum Gasteiger partial charge on any atom is -0.490 e. The Kier molecular flexibility index (Phi) is 5.13. The molecule has 0 radical (unpaired) electrons. The summed E-state index contributed by atoms with van der Waals surface area (Å²) in [5.74, 6) is 0.405. The van der Waals surface area contributed by atoms with Crippen molar-refractivity contribution in [3.05, 3.63) is 28.8 Å². The average molecular weight is 355 g/mol. The second-order valence-corrected chi connectivity index (χ2v) is 8.11. The van der Waals surface area contributed by atoms with Crippen molar-refractivity contribution in [3.63, 3.8) is 0 Å². The number of carbonyl (C=O) groups is 1. The van der Waals surface area contributed by atoms with Crippen LogP contribution in [0.3, 0.4) is 0 Å². The first-order valence-electron chi connectivity index (χ1n) is 7.48. The van der Waals surface area contributed by atoms with Crippen molar-refractivity contribution >= 4 is 29.1 Å². The fraction of sp³-hybridized carbons (Fsp3) is 0.529. The van der Waals surface area contributed by atoms with Crippen LogP contribution in [-0.2, 0) is 4.79 Å². The number of benzene rings is 1. The van der Waals surface area contributed by atoms with Crippen LogP contribution in [0, 0.1) is 16.7 Å². The van der Waals surface area contributed by atoms with Crippen LogP contribution >= 0.6 is 23.2 Å². The smallest absolute Gasteiger partial charge is 0.226 e. The molecule has 0 heterocycles. The van der Waals surface area contributed by atoms with Crippen molar-refractivity contribution in [2.24, 2.45) is 5.41 Å². The Morgan fingerprint density at radius 1 is 1.48 bits per heavy atom. The van der Waals surface area contributed by atoms with Crippen molar-refractivity contribution in [1.29, 1.82) is 5.26 Å². The molecule has 1 aliphatic carbocycles. The monoisotopic (exact) mass is 354 g/mol. The highest BCUT2D eigenvalue weighted by Gasteiger charge is 2.52. The first-order valence-corrected chi connectivity index (χ1v) is 8.23. The van der Waals surface area contributed by atoms with Gasteiger partial charge in [-0.2, -0.15) is 5.26 Å². The molecule has 1 atom stereocenters. The Bertz CT molecular complexity index is 644. The van der Waals surface area contributed by atoms with Crippen LogP contribution in [0.25, 0.3) is 0 Å². The molecule has 1 aromatic carbocycles. The van der Waals surface area contributed by atoms with Crippen LogP contribution in [0.15, 0.2) is 18.2 Å². The van der Waals surface area contributed by atoms with E-state index in [9.17, 15) is 4.79 Å². The zero-order chi connectivity index (χ0) is 17.3. The number of nitrogens with one attached hydrogen (secondary N) is 1. The van der Waals surface area contributed by atoms with Gasteiger partial charge >= 0.3 is 0 Å². The lowest BCUT2D eigenvalue weighted by Crippen LogP contribution is -2.55. The molecule has 0 saturated heterocycles. The summed E-state index contributed by atoms with van der Waals surface area (Å²) >= 11 is 12.1. The molecule has 1 unspecified atom stereocenters.